The summed E-state index contributed by atoms with van der Waals surface area (Å²) in [7, 11) is 0. The smallest absolute Gasteiger partial charge is 0.246 e. The number of amides is 2. The number of anilines is 1. The van der Waals surface area contributed by atoms with Gasteiger partial charge in [-0.1, -0.05) is 12.1 Å². The Morgan fingerprint density at radius 2 is 1.82 bits per heavy atom. The molecule has 0 unspecified atom stereocenters. The molecule has 0 bridgehead atoms. The van der Waals surface area contributed by atoms with Crippen LogP contribution in [0.4, 0.5) is 5.69 Å². The summed E-state index contributed by atoms with van der Waals surface area (Å²) in [5.74, 6) is 0.202. The molecule has 0 spiro atoms. The molecule has 2 aliphatic heterocycles. The molecular formula is C17H20N2O3. The lowest BCUT2D eigenvalue weighted by Gasteiger charge is -2.25. The standard InChI is InChI=1S/C17H20N2O3/c20-16(18-10-12-22-13-11-18)8-5-14-3-6-15(7-4-14)19-9-1-2-17(19)21/h3-8H,1-2,9-13H2/b8-5+. The molecule has 0 N–H and O–H groups in total. The Kier molecular flexibility index (Phi) is 4.53. The zero-order valence-electron chi connectivity index (χ0n) is 12.5. The Hall–Kier alpha value is -2.14. The van der Waals surface area contributed by atoms with Crippen LogP contribution in [0.1, 0.15) is 18.4 Å². The highest BCUT2D eigenvalue weighted by molar-refractivity contribution is 5.95. The second-order valence-electron chi connectivity index (χ2n) is 5.51. The maximum Gasteiger partial charge on any atom is 0.246 e. The number of morpholine rings is 1. The zero-order valence-corrected chi connectivity index (χ0v) is 12.5. The summed E-state index contributed by atoms with van der Waals surface area (Å²) in [6.07, 6.45) is 4.97. The van der Waals surface area contributed by atoms with Gasteiger partial charge < -0.3 is 14.5 Å². The molecule has 0 atom stereocenters. The number of hydrogen-bond donors (Lipinski definition) is 0. The van der Waals surface area contributed by atoms with Crippen molar-refractivity contribution in [3.63, 3.8) is 0 Å². The van der Waals surface area contributed by atoms with Crippen molar-refractivity contribution in [1.82, 2.24) is 4.90 Å². The van der Waals surface area contributed by atoms with E-state index in [9.17, 15) is 9.59 Å². The predicted octanol–water partition coefficient (Wildman–Crippen LogP) is 1.69. The van der Waals surface area contributed by atoms with Crippen LogP contribution in [0, 0.1) is 0 Å². The van der Waals surface area contributed by atoms with Gasteiger partial charge in [-0.15, -0.1) is 0 Å². The highest BCUT2D eigenvalue weighted by atomic mass is 16.5. The van der Waals surface area contributed by atoms with Gasteiger partial charge in [0, 0.05) is 37.8 Å². The van der Waals surface area contributed by atoms with Gasteiger partial charge in [0.2, 0.25) is 11.8 Å². The van der Waals surface area contributed by atoms with Crippen molar-refractivity contribution in [2.75, 3.05) is 37.7 Å². The van der Waals surface area contributed by atoms with Crippen LogP contribution in [0.15, 0.2) is 30.3 Å². The lowest BCUT2D eigenvalue weighted by molar-refractivity contribution is -0.129. The summed E-state index contributed by atoms with van der Waals surface area (Å²) in [6, 6.07) is 7.73. The second-order valence-corrected chi connectivity index (χ2v) is 5.51. The first kappa shape index (κ1) is 14.8. The van der Waals surface area contributed by atoms with E-state index < -0.39 is 0 Å². The van der Waals surface area contributed by atoms with Crippen molar-refractivity contribution in [1.29, 1.82) is 0 Å². The molecule has 2 amide bonds. The van der Waals surface area contributed by atoms with Crippen LogP contribution in [0.5, 0.6) is 0 Å². The molecule has 1 aromatic rings. The van der Waals surface area contributed by atoms with E-state index in [4.69, 9.17) is 4.74 Å². The second kappa shape index (κ2) is 6.75. The van der Waals surface area contributed by atoms with E-state index in [0.29, 0.717) is 32.7 Å². The maximum atomic E-state index is 12.0. The number of carbonyl (C=O) groups excluding carboxylic acids is 2. The van der Waals surface area contributed by atoms with E-state index in [-0.39, 0.29) is 11.8 Å². The summed E-state index contributed by atoms with van der Waals surface area (Å²) >= 11 is 0. The Bertz CT molecular complexity index is 574. The minimum atomic E-state index is 0.0158. The average Bonchev–Trinajstić information content (AvgIpc) is 3.00. The van der Waals surface area contributed by atoms with E-state index in [0.717, 1.165) is 24.2 Å². The molecule has 0 aliphatic carbocycles. The number of hydrogen-bond acceptors (Lipinski definition) is 3. The monoisotopic (exact) mass is 300 g/mol. The lowest BCUT2D eigenvalue weighted by Crippen LogP contribution is -2.39. The molecule has 5 heteroatoms. The molecule has 0 aromatic heterocycles. The summed E-state index contributed by atoms with van der Waals surface area (Å²) in [5.41, 5.74) is 1.89. The van der Waals surface area contributed by atoms with Gasteiger partial charge in [-0.2, -0.15) is 0 Å². The summed E-state index contributed by atoms with van der Waals surface area (Å²) in [6.45, 7) is 3.32. The van der Waals surface area contributed by atoms with E-state index in [2.05, 4.69) is 0 Å². The molecule has 116 valence electrons. The van der Waals surface area contributed by atoms with E-state index in [1.54, 1.807) is 11.0 Å². The first-order valence-electron chi connectivity index (χ1n) is 7.69. The van der Waals surface area contributed by atoms with Crippen LogP contribution < -0.4 is 4.90 Å². The van der Waals surface area contributed by atoms with Crippen LogP contribution in [-0.4, -0.2) is 49.6 Å². The van der Waals surface area contributed by atoms with Gasteiger partial charge in [0.25, 0.3) is 0 Å². The molecule has 3 rings (SSSR count). The Labute approximate surface area is 130 Å². The molecule has 2 heterocycles. The van der Waals surface area contributed by atoms with Crippen molar-refractivity contribution < 1.29 is 14.3 Å². The minimum Gasteiger partial charge on any atom is -0.378 e. The maximum absolute atomic E-state index is 12.0. The molecule has 0 saturated carbocycles. The normalized spacial score (nSPS) is 19.2. The number of ether oxygens (including phenoxy) is 1. The van der Waals surface area contributed by atoms with Gasteiger partial charge in [0.15, 0.2) is 0 Å². The van der Waals surface area contributed by atoms with Gasteiger partial charge >= 0.3 is 0 Å². The molecule has 5 nitrogen and oxygen atoms in total. The van der Waals surface area contributed by atoms with Crippen LogP contribution in [-0.2, 0) is 14.3 Å². The van der Waals surface area contributed by atoms with Gasteiger partial charge in [0.1, 0.15) is 0 Å². The fourth-order valence-corrected chi connectivity index (χ4v) is 2.74. The summed E-state index contributed by atoms with van der Waals surface area (Å²) < 4.78 is 5.23. The van der Waals surface area contributed by atoms with Crippen molar-refractivity contribution in [2.24, 2.45) is 0 Å². The lowest BCUT2D eigenvalue weighted by atomic mass is 10.2. The third-order valence-electron chi connectivity index (χ3n) is 4.02. The van der Waals surface area contributed by atoms with Crippen LogP contribution in [0.2, 0.25) is 0 Å². The third-order valence-corrected chi connectivity index (χ3v) is 4.02. The van der Waals surface area contributed by atoms with Crippen molar-refractivity contribution in [3.8, 4) is 0 Å². The first-order chi connectivity index (χ1) is 10.7. The van der Waals surface area contributed by atoms with Crippen LogP contribution in [0.25, 0.3) is 6.08 Å². The van der Waals surface area contributed by atoms with Crippen molar-refractivity contribution in [2.45, 2.75) is 12.8 Å². The summed E-state index contributed by atoms with van der Waals surface area (Å²) in [4.78, 5) is 27.3. The Morgan fingerprint density at radius 3 is 2.45 bits per heavy atom. The van der Waals surface area contributed by atoms with Gasteiger partial charge in [-0.25, -0.2) is 0 Å². The number of nitrogens with zero attached hydrogens (tertiary/aromatic N) is 2. The van der Waals surface area contributed by atoms with Gasteiger partial charge in [-0.05, 0) is 30.2 Å². The first-order valence-corrected chi connectivity index (χ1v) is 7.69. The highest BCUT2D eigenvalue weighted by Gasteiger charge is 2.21. The minimum absolute atomic E-state index is 0.0158. The Balaban J connectivity index is 1.61. The Morgan fingerprint density at radius 1 is 1.09 bits per heavy atom. The number of carbonyl (C=O) groups is 2. The molecular weight excluding hydrogens is 280 g/mol. The topological polar surface area (TPSA) is 49.9 Å². The molecule has 2 saturated heterocycles. The quantitative estimate of drug-likeness (QED) is 0.798. The molecule has 1 aromatic carbocycles. The molecule has 2 fully saturated rings. The van der Waals surface area contributed by atoms with E-state index in [1.165, 1.54) is 0 Å². The molecule has 22 heavy (non-hydrogen) atoms. The number of rotatable bonds is 3. The highest BCUT2D eigenvalue weighted by Crippen LogP contribution is 2.21. The van der Waals surface area contributed by atoms with Crippen LogP contribution in [0.3, 0.4) is 0 Å². The zero-order chi connectivity index (χ0) is 15.4. The SMILES string of the molecule is O=C(/C=C/c1ccc(N2CCCC2=O)cc1)N1CCOCC1. The van der Waals surface area contributed by atoms with E-state index in [1.807, 2.05) is 35.2 Å². The predicted molar refractivity (Wildman–Crippen MR) is 84.5 cm³/mol. The average molecular weight is 300 g/mol. The van der Waals surface area contributed by atoms with E-state index >= 15 is 0 Å². The van der Waals surface area contributed by atoms with Crippen molar-refractivity contribution in [3.05, 3.63) is 35.9 Å². The fraction of sp³-hybridized carbons (Fsp3) is 0.412. The van der Waals surface area contributed by atoms with Crippen LogP contribution >= 0.6 is 0 Å². The van der Waals surface area contributed by atoms with Gasteiger partial charge in [-0.3, -0.25) is 9.59 Å². The molecule has 2 aliphatic rings. The largest absolute Gasteiger partial charge is 0.378 e. The van der Waals surface area contributed by atoms with Crippen molar-refractivity contribution >= 4 is 23.6 Å². The third kappa shape index (κ3) is 3.36. The summed E-state index contributed by atoms with van der Waals surface area (Å²) in [5, 5.41) is 0. The fourth-order valence-electron chi connectivity index (χ4n) is 2.74. The molecule has 0 radical (unpaired) electrons. The van der Waals surface area contributed by atoms with Gasteiger partial charge in [0.05, 0.1) is 13.2 Å². The number of benzene rings is 1.